The van der Waals surface area contributed by atoms with Crippen LogP contribution < -0.4 is 0 Å². The topological polar surface area (TPSA) is 0 Å². The van der Waals surface area contributed by atoms with E-state index in [2.05, 4.69) is 40.2 Å². The number of alkyl halides is 1. The summed E-state index contributed by atoms with van der Waals surface area (Å²) in [5.74, 6) is 0.529. The van der Waals surface area contributed by atoms with Crippen LogP contribution in [0.3, 0.4) is 0 Å². The number of rotatable bonds is 5. The molecule has 0 aliphatic rings. The van der Waals surface area contributed by atoms with E-state index in [-0.39, 0.29) is 0 Å². The van der Waals surface area contributed by atoms with Gasteiger partial charge in [0.2, 0.25) is 0 Å². The van der Waals surface area contributed by atoms with Gasteiger partial charge in [0, 0.05) is 15.4 Å². The standard InChI is InChI=1S/C16H15BrCl2/c17-11-13(8-12-4-2-1-3-5-12)9-14-6-7-15(18)10-16(14)19/h1-7,10,13H,8-9,11H2. The molecule has 0 aromatic heterocycles. The molecule has 100 valence electrons. The van der Waals surface area contributed by atoms with Crippen molar-refractivity contribution in [3.05, 3.63) is 69.7 Å². The second-order valence-corrected chi connectivity index (χ2v) is 6.14. The minimum atomic E-state index is 0.529. The van der Waals surface area contributed by atoms with E-state index in [1.807, 2.05) is 24.3 Å². The molecule has 0 saturated heterocycles. The molecule has 0 aliphatic heterocycles. The van der Waals surface area contributed by atoms with Gasteiger partial charge in [-0.25, -0.2) is 0 Å². The Bertz CT molecular complexity index is 526. The van der Waals surface area contributed by atoms with Gasteiger partial charge in [0.15, 0.2) is 0 Å². The highest BCUT2D eigenvalue weighted by molar-refractivity contribution is 9.09. The molecule has 0 aliphatic carbocycles. The normalized spacial score (nSPS) is 12.4. The average Bonchev–Trinajstić information content (AvgIpc) is 2.42. The van der Waals surface area contributed by atoms with E-state index in [4.69, 9.17) is 23.2 Å². The van der Waals surface area contributed by atoms with Gasteiger partial charge in [-0.05, 0) is 42.0 Å². The van der Waals surface area contributed by atoms with Gasteiger partial charge in [-0.1, -0.05) is 75.5 Å². The van der Waals surface area contributed by atoms with Crippen molar-refractivity contribution in [1.82, 2.24) is 0 Å². The maximum absolute atomic E-state index is 6.23. The lowest BCUT2D eigenvalue weighted by molar-refractivity contribution is 0.591. The lowest BCUT2D eigenvalue weighted by Gasteiger charge is -2.15. The maximum atomic E-state index is 6.23. The molecule has 1 atom stereocenters. The molecule has 0 N–H and O–H groups in total. The first kappa shape index (κ1) is 14.9. The molecule has 2 rings (SSSR count). The van der Waals surface area contributed by atoms with E-state index in [1.165, 1.54) is 5.56 Å². The minimum Gasteiger partial charge on any atom is -0.0925 e. The molecule has 0 fully saturated rings. The summed E-state index contributed by atoms with van der Waals surface area (Å²) in [4.78, 5) is 0. The fourth-order valence-electron chi connectivity index (χ4n) is 2.13. The van der Waals surface area contributed by atoms with Crippen LogP contribution in [0.2, 0.25) is 10.0 Å². The van der Waals surface area contributed by atoms with Crippen LogP contribution in [0.15, 0.2) is 48.5 Å². The fourth-order valence-corrected chi connectivity index (χ4v) is 3.07. The summed E-state index contributed by atoms with van der Waals surface area (Å²) >= 11 is 15.8. The smallest absolute Gasteiger partial charge is 0.0452 e. The van der Waals surface area contributed by atoms with Gasteiger partial charge in [-0.2, -0.15) is 0 Å². The fraction of sp³-hybridized carbons (Fsp3) is 0.250. The summed E-state index contributed by atoms with van der Waals surface area (Å²) < 4.78 is 0. The Morgan fingerprint density at radius 1 is 0.947 bits per heavy atom. The molecule has 0 heterocycles. The maximum Gasteiger partial charge on any atom is 0.0452 e. The van der Waals surface area contributed by atoms with Crippen molar-refractivity contribution in [3.63, 3.8) is 0 Å². The SMILES string of the molecule is Clc1ccc(CC(CBr)Cc2ccccc2)c(Cl)c1. The lowest BCUT2D eigenvalue weighted by atomic mass is 9.94. The molecule has 0 nitrogen and oxygen atoms in total. The molecular formula is C16H15BrCl2. The molecule has 2 aromatic carbocycles. The second kappa shape index (κ2) is 7.33. The van der Waals surface area contributed by atoms with Crippen molar-refractivity contribution < 1.29 is 0 Å². The van der Waals surface area contributed by atoms with Crippen molar-refractivity contribution in [2.45, 2.75) is 12.8 Å². The van der Waals surface area contributed by atoms with Crippen molar-refractivity contribution in [2.75, 3.05) is 5.33 Å². The molecule has 2 aromatic rings. The van der Waals surface area contributed by atoms with E-state index in [9.17, 15) is 0 Å². The van der Waals surface area contributed by atoms with Crippen molar-refractivity contribution in [1.29, 1.82) is 0 Å². The third kappa shape index (κ3) is 4.52. The predicted octanol–water partition coefficient (Wildman–Crippen LogP) is 5.79. The largest absolute Gasteiger partial charge is 0.0925 e. The van der Waals surface area contributed by atoms with E-state index in [1.54, 1.807) is 0 Å². The second-order valence-electron chi connectivity index (χ2n) is 4.65. The summed E-state index contributed by atoms with van der Waals surface area (Å²) in [6.07, 6.45) is 2.00. The summed E-state index contributed by atoms with van der Waals surface area (Å²) in [5.41, 5.74) is 2.52. The van der Waals surface area contributed by atoms with Gasteiger partial charge in [0.1, 0.15) is 0 Å². The van der Waals surface area contributed by atoms with E-state index >= 15 is 0 Å². The molecule has 0 bridgehead atoms. The minimum absolute atomic E-state index is 0.529. The van der Waals surface area contributed by atoms with Crippen LogP contribution in [0.25, 0.3) is 0 Å². The van der Waals surface area contributed by atoms with Gasteiger partial charge in [-0.3, -0.25) is 0 Å². The Morgan fingerprint density at radius 3 is 2.32 bits per heavy atom. The third-order valence-corrected chi connectivity index (χ3v) is 4.61. The van der Waals surface area contributed by atoms with Crippen molar-refractivity contribution in [2.24, 2.45) is 5.92 Å². The summed E-state index contributed by atoms with van der Waals surface area (Å²) in [6.45, 7) is 0. The van der Waals surface area contributed by atoms with Gasteiger partial charge in [0.05, 0.1) is 0 Å². The number of hydrogen-bond acceptors (Lipinski definition) is 0. The van der Waals surface area contributed by atoms with Gasteiger partial charge in [0.25, 0.3) is 0 Å². The van der Waals surface area contributed by atoms with Crippen LogP contribution in [-0.4, -0.2) is 5.33 Å². The number of benzene rings is 2. The van der Waals surface area contributed by atoms with E-state index < -0.39 is 0 Å². The zero-order chi connectivity index (χ0) is 13.7. The van der Waals surface area contributed by atoms with Crippen LogP contribution in [0, 0.1) is 5.92 Å². The predicted molar refractivity (Wildman–Crippen MR) is 87.6 cm³/mol. The van der Waals surface area contributed by atoms with Crippen LogP contribution in [0.5, 0.6) is 0 Å². The Labute approximate surface area is 132 Å². The summed E-state index contributed by atoms with van der Waals surface area (Å²) in [7, 11) is 0. The first-order valence-electron chi connectivity index (χ1n) is 6.23. The number of hydrogen-bond donors (Lipinski definition) is 0. The molecule has 0 amide bonds. The summed E-state index contributed by atoms with van der Waals surface area (Å²) in [5, 5.41) is 2.40. The molecule has 0 saturated carbocycles. The molecule has 3 heteroatoms. The highest BCUT2D eigenvalue weighted by Gasteiger charge is 2.11. The Kier molecular flexibility index (Phi) is 5.75. The Hall–Kier alpha value is -0.500. The molecular weight excluding hydrogens is 343 g/mol. The first-order chi connectivity index (χ1) is 9.19. The highest BCUT2D eigenvalue weighted by atomic mass is 79.9. The van der Waals surface area contributed by atoms with E-state index in [0.29, 0.717) is 10.9 Å². The van der Waals surface area contributed by atoms with Crippen LogP contribution >= 0.6 is 39.1 Å². The Morgan fingerprint density at radius 2 is 1.68 bits per heavy atom. The van der Waals surface area contributed by atoms with Crippen LogP contribution in [-0.2, 0) is 12.8 Å². The first-order valence-corrected chi connectivity index (χ1v) is 8.10. The molecule has 0 radical (unpaired) electrons. The van der Waals surface area contributed by atoms with Gasteiger partial charge >= 0.3 is 0 Å². The highest BCUT2D eigenvalue weighted by Crippen LogP contribution is 2.25. The molecule has 1 unspecified atom stereocenters. The van der Waals surface area contributed by atoms with Gasteiger partial charge in [-0.15, -0.1) is 0 Å². The Balaban J connectivity index is 2.06. The third-order valence-electron chi connectivity index (χ3n) is 3.11. The zero-order valence-electron chi connectivity index (χ0n) is 10.5. The van der Waals surface area contributed by atoms with Gasteiger partial charge < -0.3 is 0 Å². The zero-order valence-corrected chi connectivity index (χ0v) is 13.5. The lowest BCUT2D eigenvalue weighted by Crippen LogP contribution is -2.10. The van der Waals surface area contributed by atoms with Crippen molar-refractivity contribution in [3.8, 4) is 0 Å². The quantitative estimate of drug-likeness (QED) is 0.594. The molecule has 0 spiro atoms. The monoisotopic (exact) mass is 356 g/mol. The van der Waals surface area contributed by atoms with Crippen molar-refractivity contribution >= 4 is 39.1 Å². The van der Waals surface area contributed by atoms with E-state index in [0.717, 1.165) is 28.8 Å². The summed E-state index contributed by atoms with van der Waals surface area (Å²) in [6, 6.07) is 16.3. The molecule has 19 heavy (non-hydrogen) atoms. The average molecular weight is 358 g/mol. The number of halogens is 3. The van der Waals surface area contributed by atoms with Crippen LogP contribution in [0.4, 0.5) is 0 Å². The van der Waals surface area contributed by atoms with Crippen LogP contribution in [0.1, 0.15) is 11.1 Å².